The second kappa shape index (κ2) is 5.77. The van der Waals surface area contributed by atoms with Gasteiger partial charge in [-0.2, -0.15) is 0 Å². The third kappa shape index (κ3) is 3.06. The number of aromatic nitrogens is 1. The normalized spacial score (nSPS) is 13.4. The Balaban J connectivity index is 2.00. The molecule has 1 aromatic heterocycles. The van der Waals surface area contributed by atoms with Gasteiger partial charge in [0.15, 0.2) is 0 Å². The lowest BCUT2D eigenvalue weighted by atomic mass is 9.98. The number of rotatable bonds is 5. The van der Waals surface area contributed by atoms with E-state index in [9.17, 15) is 0 Å². The fourth-order valence-corrected chi connectivity index (χ4v) is 2.15. The fraction of sp³-hybridized carbons (Fsp3) is 0.467. The van der Waals surface area contributed by atoms with Crippen molar-refractivity contribution in [2.24, 2.45) is 11.8 Å². The fourth-order valence-electron chi connectivity index (χ4n) is 1.97. The molecule has 0 radical (unpaired) electrons. The van der Waals surface area contributed by atoms with E-state index < -0.39 is 0 Å². The third-order valence-corrected chi connectivity index (χ3v) is 3.88. The van der Waals surface area contributed by atoms with Crippen molar-refractivity contribution in [1.82, 2.24) is 10.3 Å². The van der Waals surface area contributed by atoms with E-state index in [1.54, 1.807) is 0 Å². The standard InChI is InChI=1S/C15H21ClN2/c1-10(2)11(3)7-17-8-12-9-18-15-6-13(16)4-5-14(12)15/h4-6,9-11,17-18H,7-8H2,1-3H3. The van der Waals surface area contributed by atoms with E-state index in [0.29, 0.717) is 5.92 Å². The minimum absolute atomic E-state index is 0.699. The Bertz CT molecular complexity index is 516. The van der Waals surface area contributed by atoms with Gasteiger partial charge in [-0.15, -0.1) is 0 Å². The number of H-pyrrole nitrogens is 1. The van der Waals surface area contributed by atoms with E-state index >= 15 is 0 Å². The van der Waals surface area contributed by atoms with Crippen molar-refractivity contribution >= 4 is 22.5 Å². The Morgan fingerprint density at radius 3 is 2.78 bits per heavy atom. The highest BCUT2D eigenvalue weighted by Crippen LogP contribution is 2.22. The van der Waals surface area contributed by atoms with E-state index in [1.165, 1.54) is 10.9 Å². The molecule has 0 aliphatic heterocycles. The van der Waals surface area contributed by atoms with Crippen LogP contribution < -0.4 is 5.32 Å². The maximum atomic E-state index is 5.97. The monoisotopic (exact) mass is 264 g/mol. The molecule has 18 heavy (non-hydrogen) atoms. The highest BCUT2D eigenvalue weighted by molar-refractivity contribution is 6.31. The molecule has 0 saturated carbocycles. The summed E-state index contributed by atoms with van der Waals surface area (Å²) in [6, 6.07) is 5.99. The third-order valence-electron chi connectivity index (χ3n) is 3.65. The SMILES string of the molecule is CC(C)C(C)CNCc1c[nH]c2cc(Cl)ccc12. The maximum Gasteiger partial charge on any atom is 0.0472 e. The van der Waals surface area contributed by atoms with Crippen LogP contribution in [-0.4, -0.2) is 11.5 Å². The van der Waals surface area contributed by atoms with Crippen molar-refractivity contribution in [2.45, 2.75) is 27.3 Å². The Labute approximate surface area is 114 Å². The van der Waals surface area contributed by atoms with E-state index in [0.717, 1.165) is 29.5 Å². The van der Waals surface area contributed by atoms with Crippen LogP contribution in [0.5, 0.6) is 0 Å². The van der Waals surface area contributed by atoms with Gasteiger partial charge in [0.2, 0.25) is 0 Å². The summed E-state index contributed by atoms with van der Waals surface area (Å²) in [6.07, 6.45) is 2.06. The molecule has 0 spiro atoms. The van der Waals surface area contributed by atoms with Crippen LogP contribution >= 0.6 is 11.6 Å². The molecule has 1 aromatic carbocycles. The molecule has 0 saturated heterocycles. The molecule has 1 atom stereocenters. The average molecular weight is 265 g/mol. The summed E-state index contributed by atoms with van der Waals surface area (Å²) in [7, 11) is 0. The number of hydrogen-bond acceptors (Lipinski definition) is 1. The lowest BCUT2D eigenvalue weighted by Crippen LogP contribution is -2.23. The van der Waals surface area contributed by atoms with Crippen molar-refractivity contribution in [3.05, 3.63) is 35.0 Å². The lowest BCUT2D eigenvalue weighted by Gasteiger charge is -2.15. The number of halogens is 1. The van der Waals surface area contributed by atoms with Crippen molar-refractivity contribution in [2.75, 3.05) is 6.54 Å². The van der Waals surface area contributed by atoms with Crippen LogP contribution in [0.3, 0.4) is 0 Å². The van der Waals surface area contributed by atoms with Crippen LogP contribution in [0.15, 0.2) is 24.4 Å². The van der Waals surface area contributed by atoms with Gasteiger partial charge in [-0.25, -0.2) is 0 Å². The van der Waals surface area contributed by atoms with E-state index in [1.807, 2.05) is 12.1 Å². The van der Waals surface area contributed by atoms with Gasteiger partial charge in [0, 0.05) is 28.7 Å². The largest absolute Gasteiger partial charge is 0.361 e. The maximum absolute atomic E-state index is 5.97. The van der Waals surface area contributed by atoms with Crippen LogP contribution in [-0.2, 0) is 6.54 Å². The summed E-state index contributed by atoms with van der Waals surface area (Å²) in [4.78, 5) is 3.27. The number of fused-ring (bicyclic) bond motifs is 1. The zero-order valence-electron chi connectivity index (χ0n) is 11.3. The van der Waals surface area contributed by atoms with E-state index in [4.69, 9.17) is 11.6 Å². The Morgan fingerprint density at radius 2 is 2.06 bits per heavy atom. The topological polar surface area (TPSA) is 27.8 Å². The van der Waals surface area contributed by atoms with Gasteiger partial charge >= 0.3 is 0 Å². The first-order valence-electron chi connectivity index (χ1n) is 6.54. The summed E-state index contributed by atoms with van der Waals surface area (Å²) >= 11 is 5.97. The predicted molar refractivity (Wildman–Crippen MR) is 79.0 cm³/mol. The van der Waals surface area contributed by atoms with Crippen LogP contribution in [0.1, 0.15) is 26.3 Å². The first kappa shape index (κ1) is 13.4. The number of nitrogens with one attached hydrogen (secondary N) is 2. The molecule has 0 amide bonds. The van der Waals surface area contributed by atoms with Gasteiger partial charge in [-0.05, 0) is 36.1 Å². The second-order valence-electron chi connectivity index (χ2n) is 5.36. The molecular weight excluding hydrogens is 244 g/mol. The molecular formula is C15H21ClN2. The Kier molecular flexibility index (Phi) is 4.31. The molecule has 1 unspecified atom stereocenters. The van der Waals surface area contributed by atoms with E-state index in [2.05, 4.69) is 43.3 Å². The lowest BCUT2D eigenvalue weighted by molar-refractivity contribution is 0.393. The highest BCUT2D eigenvalue weighted by atomic mass is 35.5. The molecule has 98 valence electrons. The zero-order chi connectivity index (χ0) is 13.1. The van der Waals surface area contributed by atoms with Gasteiger partial charge in [0.1, 0.15) is 0 Å². The molecule has 1 heterocycles. The molecule has 2 aromatic rings. The van der Waals surface area contributed by atoms with Crippen LogP contribution in [0.2, 0.25) is 5.02 Å². The quantitative estimate of drug-likeness (QED) is 0.832. The molecule has 2 nitrogen and oxygen atoms in total. The summed E-state index contributed by atoms with van der Waals surface area (Å²) < 4.78 is 0. The molecule has 3 heteroatoms. The second-order valence-corrected chi connectivity index (χ2v) is 5.79. The number of hydrogen-bond donors (Lipinski definition) is 2. The van der Waals surface area contributed by atoms with Crippen molar-refractivity contribution < 1.29 is 0 Å². The minimum Gasteiger partial charge on any atom is -0.361 e. The van der Waals surface area contributed by atoms with Gasteiger partial charge in [0.25, 0.3) is 0 Å². The number of aromatic amines is 1. The van der Waals surface area contributed by atoms with Crippen LogP contribution in [0.25, 0.3) is 10.9 Å². The molecule has 0 fully saturated rings. The predicted octanol–water partition coefficient (Wildman–Crippen LogP) is 4.20. The molecule has 2 N–H and O–H groups in total. The summed E-state index contributed by atoms with van der Waals surface area (Å²) in [5, 5.41) is 5.55. The van der Waals surface area contributed by atoms with Crippen molar-refractivity contribution in [3.8, 4) is 0 Å². The first-order chi connectivity index (χ1) is 8.58. The molecule has 0 bridgehead atoms. The zero-order valence-corrected chi connectivity index (χ0v) is 12.0. The Hall–Kier alpha value is -0.990. The Morgan fingerprint density at radius 1 is 1.28 bits per heavy atom. The van der Waals surface area contributed by atoms with Gasteiger partial charge in [0.05, 0.1) is 0 Å². The van der Waals surface area contributed by atoms with Crippen LogP contribution in [0.4, 0.5) is 0 Å². The van der Waals surface area contributed by atoms with Gasteiger partial charge in [-0.3, -0.25) is 0 Å². The van der Waals surface area contributed by atoms with Crippen molar-refractivity contribution in [1.29, 1.82) is 0 Å². The van der Waals surface area contributed by atoms with Gasteiger partial charge < -0.3 is 10.3 Å². The number of benzene rings is 1. The summed E-state index contributed by atoms with van der Waals surface area (Å²) in [6.45, 7) is 8.77. The summed E-state index contributed by atoms with van der Waals surface area (Å²) in [5.41, 5.74) is 2.41. The first-order valence-corrected chi connectivity index (χ1v) is 6.92. The molecule has 0 aliphatic rings. The van der Waals surface area contributed by atoms with E-state index in [-0.39, 0.29) is 0 Å². The van der Waals surface area contributed by atoms with Crippen LogP contribution in [0, 0.1) is 11.8 Å². The minimum atomic E-state index is 0.699. The van der Waals surface area contributed by atoms with Gasteiger partial charge in [-0.1, -0.05) is 38.4 Å². The van der Waals surface area contributed by atoms with Crippen molar-refractivity contribution in [3.63, 3.8) is 0 Å². The smallest absolute Gasteiger partial charge is 0.0472 e. The highest BCUT2D eigenvalue weighted by Gasteiger charge is 2.07. The molecule has 2 rings (SSSR count). The summed E-state index contributed by atoms with van der Waals surface area (Å²) in [5.74, 6) is 1.42. The molecule has 0 aliphatic carbocycles. The average Bonchev–Trinajstić information content (AvgIpc) is 2.71.